The molecule has 6 heteroatoms. The van der Waals surface area contributed by atoms with E-state index in [-0.39, 0.29) is 17.3 Å². The average molecular weight is 464 g/mol. The van der Waals surface area contributed by atoms with Crippen LogP contribution in [-0.2, 0) is 5.41 Å². The van der Waals surface area contributed by atoms with Crippen LogP contribution in [0.25, 0.3) is 22.0 Å². The van der Waals surface area contributed by atoms with E-state index in [1.54, 1.807) is 12.4 Å². The fourth-order valence-corrected chi connectivity index (χ4v) is 5.78. The molecule has 2 fully saturated rings. The van der Waals surface area contributed by atoms with Gasteiger partial charge in [0, 0.05) is 48.0 Å². The first-order chi connectivity index (χ1) is 17.1. The summed E-state index contributed by atoms with van der Waals surface area (Å²) in [7, 11) is 0. The van der Waals surface area contributed by atoms with Gasteiger partial charge in [-0.05, 0) is 47.9 Å². The molecule has 1 unspecified atom stereocenters. The third-order valence-electron chi connectivity index (χ3n) is 7.96. The molecule has 35 heavy (non-hydrogen) atoms. The number of H-pyrrole nitrogens is 1. The van der Waals surface area contributed by atoms with Crippen LogP contribution >= 0.6 is 0 Å². The maximum absolute atomic E-state index is 13.4. The molecule has 2 aromatic heterocycles. The Bertz CT molecular complexity index is 1400. The summed E-state index contributed by atoms with van der Waals surface area (Å²) in [6.45, 7) is 5.44. The molecule has 1 aliphatic heterocycles. The minimum absolute atomic E-state index is 0.0440. The van der Waals surface area contributed by atoms with Gasteiger partial charge < -0.3 is 15.6 Å². The second-order valence-corrected chi connectivity index (χ2v) is 9.81. The molecule has 6 rings (SSSR count). The number of nitrogens with zero attached hydrogens (tertiary/aromatic N) is 3. The zero-order valence-electron chi connectivity index (χ0n) is 19.7. The number of rotatable bonds is 5. The van der Waals surface area contributed by atoms with Crippen LogP contribution in [0.3, 0.4) is 0 Å². The van der Waals surface area contributed by atoms with Crippen LogP contribution in [0, 0.1) is 5.92 Å². The van der Waals surface area contributed by atoms with Crippen LogP contribution in [0.4, 0.5) is 5.95 Å². The number of hydrogen-bond donors (Lipinski definition) is 2. The van der Waals surface area contributed by atoms with Gasteiger partial charge in [-0.2, -0.15) is 0 Å². The van der Waals surface area contributed by atoms with Crippen LogP contribution in [0.1, 0.15) is 47.2 Å². The fraction of sp³-hybridized carbons (Fsp3) is 0.276. The van der Waals surface area contributed by atoms with Gasteiger partial charge in [-0.25, -0.2) is 9.97 Å². The lowest BCUT2D eigenvalue weighted by molar-refractivity contribution is 0.0791. The maximum atomic E-state index is 13.4. The highest BCUT2D eigenvalue weighted by Gasteiger charge is 2.42. The predicted octanol–water partition coefficient (Wildman–Crippen LogP) is 5.33. The lowest BCUT2D eigenvalue weighted by Gasteiger charge is -2.43. The normalized spacial score (nSPS) is 19.0. The third-order valence-corrected chi connectivity index (χ3v) is 7.96. The Morgan fingerprint density at radius 3 is 2.54 bits per heavy atom. The highest BCUT2D eigenvalue weighted by molar-refractivity contribution is 6.07. The molecule has 2 aliphatic rings. The first-order valence-electron chi connectivity index (χ1n) is 12.3. The molecule has 0 bridgehead atoms. The van der Waals surface area contributed by atoms with Gasteiger partial charge in [-0.3, -0.25) is 4.79 Å². The van der Waals surface area contributed by atoms with Gasteiger partial charge in [0.1, 0.15) is 0 Å². The molecular formula is C29H29N5O. The number of carbonyl (C=O) groups is 1. The van der Waals surface area contributed by atoms with E-state index in [0.717, 1.165) is 59.9 Å². The quantitative estimate of drug-likeness (QED) is 0.392. The van der Waals surface area contributed by atoms with Crippen molar-refractivity contribution >= 4 is 22.8 Å². The summed E-state index contributed by atoms with van der Waals surface area (Å²) in [4.78, 5) is 27.0. The number of nitrogens with two attached hydrogens (primary N) is 1. The van der Waals surface area contributed by atoms with Gasteiger partial charge in [0.05, 0.1) is 11.1 Å². The number of benzene rings is 2. The summed E-state index contributed by atoms with van der Waals surface area (Å²) in [5.74, 6) is 0.769. The molecule has 6 nitrogen and oxygen atoms in total. The van der Waals surface area contributed by atoms with Crippen molar-refractivity contribution in [3.05, 3.63) is 90.4 Å². The van der Waals surface area contributed by atoms with Gasteiger partial charge in [0.25, 0.3) is 5.91 Å². The van der Waals surface area contributed by atoms with Crippen molar-refractivity contribution in [2.75, 3.05) is 18.8 Å². The monoisotopic (exact) mass is 463 g/mol. The Morgan fingerprint density at radius 1 is 1.11 bits per heavy atom. The standard InChI is InChI=1S/C29H29N5O/c1-2-19-11-14-34(18-19)27(35)24-6-3-5-23-25(17-31-26(23)24)29(12-4-13-29)22-9-7-20(8-10-22)21-15-32-28(30)33-16-21/h2-3,5-10,15-17,19,31H,1,4,11-14,18H2,(H2,30,32,33). The lowest BCUT2D eigenvalue weighted by Crippen LogP contribution is -2.35. The van der Waals surface area contributed by atoms with E-state index in [2.05, 4.69) is 58.1 Å². The second-order valence-electron chi connectivity index (χ2n) is 9.81. The van der Waals surface area contributed by atoms with Gasteiger partial charge in [0.2, 0.25) is 5.95 Å². The van der Waals surface area contributed by atoms with Crippen LogP contribution in [-0.4, -0.2) is 38.8 Å². The van der Waals surface area contributed by atoms with E-state index in [9.17, 15) is 4.79 Å². The Morgan fingerprint density at radius 2 is 1.89 bits per heavy atom. The Kier molecular flexibility index (Phi) is 5.17. The number of likely N-dealkylation sites (tertiary alicyclic amines) is 1. The molecule has 1 saturated carbocycles. The average Bonchev–Trinajstić information content (AvgIpc) is 3.52. The van der Waals surface area contributed by atoms with E-state index in [4.69, 9.17) is 5.73 Å². The second kappa shape index (κ2) is 8.38. The van der Waals surface area contributed by atoms with Crippen molar-refractivity contribution < 1.29 is 4.79 Å². The van der Waals surface area contributed by atoms with Gasteiger partial charge >= 0.3 is 0 Å². The maximum Gasteiger partial charge on any atom is 0.256 e. The van der Waals surface area contributed by atoms with E-state index in [0.29, 0.717) is 5.92 Å². The molecule has 176 valence electrons. The number of fused-ring (bicyclic) bond motifs is 1. The highest BCUT2D eigenvalue weighted by atomic mass is 16.2. The number of para-hydroxylation sites is 1. The Balaban J connectivity index is 1.35. The van der Waals surface area contributed by atoms with Gasteiger partial charge in [0.15, 0.2) is 0 Å². The number of anilines is 1. The fourth-order valence-electron chi connectivity index (χ4n) is 5.78. The molecule has 1 amide bonds. The van der Waals surface area contributed by atoms with Crippen molar-refractivity contribution in [2.24, 2.45) is 5.92 Å². The van der Waals surface area contributed by atoms with Crippen LogP contribution < -0.4 is 5.73 Å². The summed E-state index contributed by atoms with van der Waals surface area (Å²) in [6.07, 6.45) is 12.0. The molecule has 1 saturated heterocycles. The minimum Gasteiger partial charge on any atom is -0.368 e. The molecule has 3 N–H and O–H groups in total. The van der Waals surface area contributed by atoms with Gasteiger partial charge in [-0.1, -0.05) is 48.9 Å². The SMILES string of the molecule is C=CC1CCN(C(=O)c2cccc3c(C4(c5ccc(-c6cnc(N)nc6)cc5)CCC4)c[nH]c23)C1. The van der Waals surface area contributed by atoms with Crippen LogP contribution in [0.5, 0.6) is 0 Å². The first kappa shape index (κ1) is 21.6. The van der Waals surface area contributed by atoms with Crippen LogP contribution in [0.15, 0.2) is 73.7 Å². The summed E-state index contributed by atoms with van der Waals surface area (Å²) >= 11 is 0. The molecular weight excluding hydrogens is 434 g/mol. The van der Waals surface area contributed by atoms with Crippen molar-refractivity contribution in [3.8, 4) is 11.1 Å². The third kappa shape index (κ3) is 3.52. The summed E-state index contributed by atoms with van der Waals surface area (Å²) in [6, 6.07) is 14.8. The van der Waals surface area contributed by atoms with E-state index < -0.39 is 0 Å². The van der Waals surface area contributed by atoms with E-state index in [1.807, 2.05) is 23.1 Å². The number of amides is 1. The Hall–Kier alpha value is -3.93. The van der Waals surface area contributed by atoms with Crippen molar-refractivity contribution in [1.29, 1.82) is 0 Å². The molecule has 4 aromatic rings. The minimum atomic E-state index is -0.0440. The number of hydrogen-bond acceptors (Lipinski definition) is 4. The summed E-state index contributed by atoms with van der Waals surface area (Å²) < 4.78 is 0. The molecule has 0 radical (unpaired) electrons. The van der Waals surface area contributed by atoms with Gasteiger partial charge in [-0.15, -0.1) is 6.58 Å². The molecule has 2 aromatic carbocycles. The van der Waals surface area contributed by atoms with E-state index >= 15 is 0 Å². The van der Waals surface area contributed by atoms with E-state index in [1.165, 1.54) is 17.5 Å². The number of aromatic nitrogens is 3. The predicted molar refractivity (Wildman–Crippen MR) is 139 cm³/mol. The smallest absolute Gasteiger partial charge is 0.256 e. The number of aromatic amines is 1. The van der Waals surface area contributed by atoms with Crippen molar-refractivity contribution in [3.63, 3.8) is 0 Å². The summed E-state index contributed by atoms with van der Waals surface area (Å²) in [5.41, 5.74) is 11.9. The summed E-state index contributed by atoms with van der Waals surface area (Å²) in [5, 5.41) is 1.14. The topological polar surface area (TPSA) is 87.9 Å². The number of carbonyl (C=O) groups excluding carboxylic acids is 1. The zero-order valence-corrected chi connectivity index (χ0v) is 19.7. The lowest BCUT2D eigenvalue weighted by atomic mass is 9.60. The van der Waals surface area contributed by atoms with Crippen molar-refractivity contribution in [1.82, 2.24) is 19.9 Å². The molecule has 0 spiro atoms. The number of nitrogen functional groups attached to an aromatic ring is 1. The molecule has 3 heterocycles. The largest absolute Gasteiger partial charge is 0.368 e. The first-order valence-corrected chi connectivity index (χ1v) is 12.3. The van der Waals surface area contributed by atoms with Crippen LogP contribution in [0.2, 0.25) is 0 Å². The number of nitrogens with one attached hydrogen (secondary N) is 1. The Labute approximate surface area is 204 Å². The van der Waals surface area contributed by atoms with Crippen molar-refractivity contribution in [2.45, 2.75) is 31.1 Å². The zero-order chi connectivity index (χ0) is 24.0. The highest BCUT2D eigenvalue weighted by Crippen LogP contribution is 2.51. The molecule has 1 aliphatic carbocycles. The molecule has 1 atom stereocenters.